The van der Waals surface area contributed by atoms with Gasteiger partial charge in [-0.05, 0) is 56.2 Å². The number of carbonyl (C=O) groups is 1. The van der Waals surface area contributed by atoms with E-state index in [9.17, 15) is 13.2 Å². The van der Waals surface area contributed by atoms with E-state index < -0.39 is 16.1 Å². The number of sulfonamides is 1. The molecule has 1 aromatic carbocycles. The normalized spacial score (nSPS) is 21.4. The average molecular weight is 536 g/mol. The van der Waals surface area contributed by atoms with E-state index in [2.05, 4.69) is 0 Å². The van der Waals surface area contributed by atoms with Crippen molar-refractivity contribution in [3.63, 3.8) is 0 Å². The van der Waals surface area contributed by atoms with Crippen LogP contribution in [-0.4, -0.2) is 62.1 Å². The van der Waals surface area contributed by atoms with Crippen molar-refractivity contribution in [2.75, 3.05) is 31.2 Å². The molecule has 8 nitrogen and oxygen atoms in total. The Kier molecular flexibility index (Phi) is 7.40. The summed E-state index contributed by atoms with van der Waals surface area (Å²) in [6.45, 7) is 3.79. The van der Waals surface area contributed by atoms with Gasteiger partial charge in [-0.2, -0.15) is 4.31 Å². The highest BCUT2D eigenvalue weighted by atomic mass is 32.2. The summed E-state index contributed by atoms with van der Waals surface area (Å²) in [4.78, 5) is 20.6. The molecule has 11 heteroatoms. The number of thiophene rings is 1. The molecule has 0 bridgehead atoms. The molecule has 5 rings (SSSR count). The van der Waals surface area contributed by atoms with E-state index in [0.717, 1.165) is 30.4 Å². The van der Waals surface area contributed by atoms with Crippen molar-refractivity contribution in [3.8, 4) is 5.75 Å². The standard InChI is InChI=1S/C24H29N3O5S3/c1-2-31-19-10-5-11-20-22(19)25-24(34-20)26(16-17-8-6-14-32-17)23(28)18-9-3-4-13-27(18)35(29,30)21-12-7-15-33-21/h5,7,10-12,15,17-18H,2-4,6,8-9,13-14,16H2,1H3. The SMILES string of the molecule is CCOc1cccc2sc(N(CC3CCCO3)C(=O)C3CCCCN3S(=O)(=O)c3cccs3)nc12. The molecule has 1 amide bonds. The Morgan fingerprint density at radius 1 is 1.23 bits per heavy atom. The van der Waals surface area contributed by atoms with E-state index in [-0.39, 0.29) is 16.2 Å². The lowest BCUT2D eigenvalue weighted by Crippen LogP contribution is -2.54. The number of carbonyl (C=O) groups excluding carboxylic acids is 1. The lowest BCUT2D eigenvalue weighted by atomic mass is 10.0. The average Bonchev–Trinajstić information content (AvgIpc) is 3.64. The highest BCUT2D eigenvalue weighted by Crippen LogP contribution is 2.36. The van der Waals surface area contributed by atoms with Gasteiger partial charge >= 0.3 is 0 Å². The molecule has 0 radical (unpaired) electrons. The van der Waals surface area contributed by atoms with Crippen LogP contribution in [0.5, 0.6) is 5.75 Å². The van der Waals surface area contributed by atoms with Gasteiger partial charge in [0.2, 0.25) is 5.91 Å². The summed E-state index contributed by atoms with van der Waals surface area (Å²) in [5, 5.41) is 2.29. The third-order valence-corrected chi connectivity index (χ3v) is 10.7. The van der Waals surface area contributed by atoms with Crippen LogP contribution in [0.1, 0.15) is 39.0 Å². The van der Waals surface area contributed by atoms with Crippen molar-refractivity contribution in [1.82, 2.24) is 9.29 Å². The van der Waals surface area contributed by atoms with Crippen molar-refractivity contribution in [2.24, 2.45) is 0 Å². The molecular weight excluding hydrogens is 506 g/mol. The Balaban J connectivity index is 1.51. The third-order valence-electron chi connectivity index (χ3n) is 6.37. The second-order valence-corrected chi connectivity index (χ2v) is 12.7. The van der Waals surface area contributed by atoms with Crippen LogP contribution in [0.25, 0.3) is 10.2 Å². The molecule has 2 fully saturated rings. The number of piperidine rings is 1. The fourth-order valence-corrected chi connectivity index (χ4v) is 8.47. The molecule has 2 aliphatic heterocycles. The van der Waals surface area contributed by atoms with Gasteiger partial charge in [0.05, 0.1) is 24.0 Å². The Hall–Kier alpha value is -2.05. The summed E-state index contributed by atoms with van der Waals surface area (Å²) in [6, 6.07) is 8.30. The number of ether oxygens (including phenoxy) is 2. The molecule has 2 atom stereocenters. The van der Waals surface area contributed by atoms with Crippen molar-refractivity contribution in [2.45, 2.75) is 55.4 Å². The van der Waals surface area contributed by atoms with Crippen molar-refractivity contribution < 1.29 is 22.7 Å². The van der Waals surface area contributed by atoms with Gasteiger partial charge in [-0.3, -0.25) is 9.69 Å². The first-order valence-corrected chi connectivity index (χ1v) is 15.1. The zero-order valence-electron chi connectivity index (χ0n) is 19.6. The monoisotopic (exact) mass is 535 g/mol. The van der Waals surface area contributed by atoms with Crippen LogP contribution in [0.4, 0.5) is 5.13 Å². The maximum absolute atomic E-state index is 14.1. The van der Waals surface area contributed by atoms with Gasteiger partial charge in [-0.25, -0.2) is 13.4 Å². The molecular formula is C24H29N3O5S3. The van der Waals surface area contributed by atoms with E-state index in [1.165, 1.54) is 27.0 Å². The first kappa shape index (κ1) is 24.6. The van der Waals surface area contributed by atoms with Crippen LogP contribution in [-0.2, 0) is 19.6 Å². The van der Waals surface area contributed by atoms with E-state index in [4.69, 9.17) is 14.5 Å². The number of amides is 1. The summed E-state index contributed by atoms with van der Waals surface area (Å²) < 4.78 is 41.1. The number of hydrogen-bond donors (Lipinski definition) is 0. The molecule has 188 valence electrons. The first-order chi connectivity index (χ1) is 17.0. The predicted octanol–water partition coefficient (Wildman–Crippen LogP) is 4.51. The molecule has 4 heterocycles. The second kappa shape index (κ2) is 10.5. The van der Waals surface area contributed by atoms with Gasteiger partial charge in [0, 0.05) is 13.2 Å². The van der Waals surface area contributed by atoms with E-state index in [0.29, 0.717) is 49.1 Å². The molecule has 2 aromatic heterocycles. The molecule has 0 saturated carbocycles. The van der Waals surface area contributed by atoms with E-state index >= 15 is 0 Å². The Labute approximate surface area is 213 Å². The zero-order valence-corrected chi connectivity index (χ0v) is 22.0. The highest BCUT2D eigenvalue weighted by Gasteiger charge is 2.41. The lowest BCUT2D eigenvalue weighted by molar-refractivity contribution is -0.123. The van der Waals surface area contributed by atoms with Gasteiger partial charge in [-0.15, -0.1) is 11.3 Å². The number of benzene rings is 1. The summed E-state index contributed by atoms with van der Waals surface area (Å²) >= 11 is 2.60. The predicted molar refractivity (Wildman–Crippen MR) is 138 cm³/mol. The third kappa shape index (κ3) is 4.97. The summed E-state index contributed by atoms with van der Waals surface area (Å²) in [5.74, 6) is 0.439. The van der Waals surface area contributed by atoms with Crippen LogP contribution in [0, 0.1) is 0 Å². The molecule has 35 heavy (non-hydrogen) atoms. The highest BCUT2D eigenvalue weighted by molar-refractivity contribution is 7.91. The van der Waals surface area contributed by atoms with Gasteiger partial charge in [-0.1, -0.05) is 29.9 Å². The quantitative estimate of drug-likeness (QED) is 0.422. The minimum atomic E-state index is -3.76. The van der Waals surface area contributed by atoms with Crippen LogP contribution in [0.2, 0.25) is 0 Å². The fraction of sp³-hybridized carbons (Fsp3) is 0.500. The minimum Gasteiger partial charge on any atom is -0.492 e. The lowest BCUT2D eigenvalue weighted by Gasteiger charge is -2.36. The Bertz CT molecular complexity index is 1270. The Morgan fingerprint density at radius 3 is 2.86 bits per heavy atom. The smallest absolute Gasteiger partial charge is 0.253 e. The number of thiazole rings is 1. The number of anilines is 1. The molecule has 0 aliphatic carbocycles. The molecule has 0 spiro atoms. The first-order valence-electron chi connectivity index (χ1n) is 12.0. The van der Waals surface area contributed by atoms with Crippen molar-refractivity contribution in [3.05, 3.63) is 35.7 Å². The largest absolute Gasteiger partial charge is 0.492 e. The van der Waals surface area contributed by atoms with Crippen LogP contribution in [0.3, 0.4) is 0 Å². The maximum Gasteiger partial charge on any atom is 0.253 e. The number of fused-ring (bicyclic) bond motifs is 1. The van der Waals surface area contributed by atoms with Crippen LogP contribution < -0.4 is 9.64 Å². The van der Waals surface area contributed by atoms with Gasteiger partial charge in [0.25, 0.3) is 10.0 Å². The molecule has 2 aliphatic rings. The maximum atomic E-state index is 14.1. The van der Waals surface area contributed by atoms with Crippen LogP contribution >= 0.6 is 22.7 Å². The Morgan fingerprint density at radius 2 is 2.11 bits per heavy atom. The zero-order chi connectivity index (χ0) is 24.4. The van der Waals surface area contributed by atoms with Crippen LogP contribution in [0.15, 0.2) is 39.9 Å². The second-order valence-electron chi connectivity index (χ2n) is 8.68. The summed E-state index contributed by atoms with van der Waals surface area (Å²) in [5.41, 5.74) is 0.714. The number of nitrogens with zero attached hydrogens (tertiary/aromatic N) is 3. The van der Waals surface area contributed by atoms with Gasteiger partial charge in [0.1, 0.15) is 21.5 Å². The van der Waals surface area contributed by atoms with Crippen molar-refractivity contribution >= 4 is 54.0 Å². The van der Waals surface area contributed by atoms with E-state index in [1.807, 2.05) is 25.1 Å². The number of hydrogen-bond acceptors (Lipinski definition) is 8. The molecule has 2 saturated heterocycles. The molecule has 2 unspecified atom stereocenters. The summed E-state index contributed by atoms with van der Waals surface area (Å²) in [7, 11) is -3.76. The van der Waals surface area contributed by atoms with Crippen molar-refractivity contribution in [1.29, 1.82) is 0 Å². The van der Waals surface area contributed by atoms with Gasteiger partial charge < -0.3 is 9.47 Å². The summed E-state index contributed by atoms with van der Waals surface area (Å²) in [6.07, 6.45) is 3.74. The molecule has 3 aromatic rings. The number of rotatable bonds is 8. The fourth-order valence-electron chi connectivity index (χ4n) is 4.70. The minimum absolute atomic E-state index is 0.0942. The van der Waals surface area contributed by atoms with E-state index in [1.54, 1.807) is 22.4 Å². The number of aromatic nitrogens is 1. The topological polar surface area (TPSA) is 89.0 Å². The van der Waals surface area contributed by atoms with Gasteiger partial charge in [0.15, 0.2) is 5.13 Å². The molecule has 0 N–H and O–H groups in total. The number of para-hydroxylation sites is 1.